The molecule has 0 aromatic carbocycles. The van der Waals surface area contributed by atoms with Crippen molar-refractivity contribution in [3.63, 3.8) is 0 Å². The molecular weight excluding hydrogens is 324 g/mol. The maximum Gasteiger partial charge on any atom is 0.154 e. The molecule has 2 heterocycles. The van der Waals surface area contributed by atoms with E-state index < -0.39 is 0 Å². The normalized spacial score (nSPS) is 24.2. The van der Waals surface area contributed by atoms with Crippen molar-refractivity contribution in [1.29, 1.82) is 0 Å². The lowest BCUT2D eigenvalue weighted by atomic mass is 9.91. The first-order valence-corrected chi connectivity index (χ1v) is 9.07. The minimum Gasteiger partial charge on any atom is -0.489 e. The lowest BCUT2D eigenvalue weighted by Gasteiger charge is -2.39. The summed E-state index contributed by atoms with van der Waals surface area (Å²) >= 11 is 0. The van der Waals surface area contributed by atoms with Crippen LogP contribution in [0.4, 0.5) is 5.82 Å². The lowest BCUT2D eigenvalue weighted by molar-refractivity contribution is -0.130. The molecule has 0 unspecified atom stereocenters. The van der Waals surface area contributed by atoms with Gasteiger partial charge in [-0.2, -0.15) is 5.10 Å². The Balaban J connectivity index is 1.41. The van der Waals surface area contributed by atoms with E-state index in [1.54, 1.807) is 6.20 Å². The smallest absolute Gasteiger partial charge is 0.154 e. The lowest BCUT2D eigenvalue weighted by Crippen LogP contribution is -2.44. The summed E-state index contributed by atoms with van der Waals surface area (Å²) in [5, 5.41) is 8.29. The molecule has 1 saturated carbocycles. The number of ether oxygens (including phenoxy) is 3. The molecule has 0 atom stereocenters. The third-order valence-corrected chi connectivity index (χ3v) is 4.71. The van der Waals surface area contributed by atoms with Gasteiger partial charge in [0, 0.05) is 38.6 Å². The van der Waals surface area contributed by atoms with Gasteiger partial charge in [-0.15, -0.1) is 5.10 Å². The van der Waals surface area contributed by atoms with Crippen molar-refractivity contribution in [1.82, 2.24) is 10.2 Å². The van der Waals surface area contributed by atoms with Gasteiger partial charge in [-0.05, 0) is 19.8 Å². The van der Waals surface area contributed by atoms with Crippen LogP contribution in [0, 0.1) is 0 Å². The van der Waals surface area contributed by atoms with E-state index in [2.05, 4.69) is 15.1 Å². The summed E-state index contributed by atoms with van der Waals surface area (Å²) in [5.74, 6) is 6.76. The zero-order chi connectivity index (χ0) is 17.5. The van der Waals surface area contributed by atoms with Crippen LogP contribution in [-0.4, -0.2) is 61.4 Å². The highest BCUT2D eigenvalue weighted by atomic mass is 16.6. The van der Waals surface area contributed by atoms with Gasteiger partial charge >= 0.3 is 0 Å². The maximum absolute atomic E-state index is 6.11. The average molecular weight is 352 g/mol. The van der Waals surface area contributed by atoms with E-state index in [0.717, 1.165) is 50.3 Å². The fraction of sp³-hybridized carbons (Fsp3) is 0.765. The summed E-state index contributed by atoms with van der Waals surface area (Å²) in [7, 11) is 0. The van der Waals surface area contributed by atoms with Crippen LogP contribution in [0.15, 0.2) is 12.3 Å². The van der Waals surface area contributed by atoms with E-state index in [-0.39, 0.29) is 6.10 Å². The summed E-state index contributed by atoms with van der Waals surface area (Å²) in [6, 6.07) is 1.94. The van der Waals surface area contributed by atoms with Crippen molar-refractivity contribution in [2.24, 2.45) is 5.90 Å². The quantitative estimate of drug-likeness (QED) is 0.525. The van der Waals surface area contributed by atoms with Crippen LogP contribution in [0.1, 0.15) is 32.6 Å². The van der Waals surface area contributed by atoms with Crippen LogP contribution in [-0.2, 0) is 14.3 Å². The minimum absolute atomic E-state index is 0.172. The van der Waals surface area contributed by atoms with Crippen LogP contribution in [0.5, 0.6) is 5.75 Å². The number of hydrogen-bond acceptors (Lipinski definition) is 8. The van der Waals surface area contributed by atoms with Gasteiger partial charge in [-0.1, -0.05) is 0 Å². The molecule has 0 spiro atoms. The van der Waals surface area contributed by atoms with Gasteiger partial charge in [0.1, 0.15) is 12.4 Å². The van der Waals surface area contributed by atoms with Crippen LogP contribution < -0.4 is 15.5 Å². The fourth-order valence-electron chi connectivity index (χ4n) is 3.17. The molecule has 1 aliphatic carbocycles. The summed E-state index contributed by atoms with van der Waals surface area (Å²) in [4.78, 5) is 7.04. The average Bonchev–Trinajstić information content (AvgIpc) is 2.62. The second kappa shape index (κ2) is 9.28. The molecule has 1 aromatic heterocycles. The van der Waals surface area contributed by atoms with E-state index in [9.17, 15) is 0 Å². The molecule has 1 aliphatic heterocycles. The second-order valence-electron chi connectivity index (χ2n) is 6.47. The Morgan fingerprint density at radius 2 is 1.96 bits per heavy atom. The van der Waals surface area contributed by atoms with Gasteiger partial charge in [-0.3, -0.25) is 0 Å². The molecule has 1 aromatic rings. The van der Waals surface area contributed by atoms with Gasteiger partial charge < -0.3 is 23.9 Å². The molecule has 3 rings (SSSR count). The number of aromatic nitrogens is 2. The van der Waals surface area contributed by atoms with E-state index >= 15 is 0 Å². The van der Waals surface area contributed by atoms with Gasteiger partial charge in [0.25, 0.3) is 0 Å². The molecule has 0 bridgehead atoms. The minimum atomic E-state index is 0.172. The van der Waals surface area contributed by atoms with Gasteiger partial charge in [0.05, 0.1) is 31.1 Å². The predicted molar refractivity (Wildman–Crippen MR) is 92.4 cm³/mol. The van der Waals surface area contributed by atoms with E-state index in [1.807, 2.05) is 13.0 Å². The summed E-state index contributed by atoms with van der Waals surface area (Å²) in [5.41, 5.74) is 0. The molecule has 0 amide bonds. The highest BCUT2D eigenvalue weighted by Crippen LogP contribution is 2.29. The third kappa shape index (κ3) is 5.24. The Morgan fingerprint density at radius 3 is 2.68 bits per heavy atom. The largest absolute Gasteiger partial charge is 0.489 e. The van der Waals surface area contributed by atoms with Crippen LogP contribution in [0.25, 0.3) is 0 Å². The standard InChI is InChI=1S/C17H28N4O4/c1-2-22-7-8-23-16-11-17(20-19-12-16)21-5-3-13(4-6-21)24-14-9-15(10-14)25-18/h11-15H,2-10,18H2,1H3. The van der Waals surface area contributed by atoms with Crippen molar-refractivity contribution < 1.29 is 19.0 Å². The molecule has 25 heavy (non-hydrogen) atoms. The van der Waals surface area contributed by atoms with Crippen LogP contribution >= 0.6 is 0 Å². The van der Waals surface area contributed by atoms with Crippen molar-refractivity contribution in [3.05, 3.63) is 12.3 Å². The third-order valence-electron chi connectivity index (χ3n) is 4.71. The molecular formula is C17H28N4O4. The molecule has 8 nitrogen and oxygen atoms in total. The molecule has 8 heteroatoms. The van der Waals surface area contributed by atoms with Crippen molar-refractivity contribution in [2.75, 3.05) is 37.8 Å². The number of rotatable bonds is 9. The summed E-state index contributed by atoms with van der Waals surface area (Å²) < 4.78 is 17.0. The Bertz CT molecular complexity index is 519. The van der Waals surface area contributed by atoms with Crippen molar-refractivity contribution in [3.8, 4) is 5.75 Å². The predicted octanol–water partition coefficient (Wildman–Crippen LogP) is 1.30. The zero-order valence-electron chi connectivity index (χ0n) is 14.8. The van der Waals surface area contributed by atoms with E-state index in [4.69, 9.17) is 24.9 Å². The molecule has 2 N–H and O–H groups in total. The van der Waals surface area contributed by atoms with E-state index in [0.29, 0.717) is 32.0 Å². The first-order chi connectivity index (χ1) is 12.3. The van der Waals surface area contributed by atoms with Crippen LogP contribution in [0.3, 0.4) is 0 Å². The first kappa shape index (κ1) is 18.3. The first-order valence-electron chi connectivity index (χ1n) is 9.07. The monoisotopic (exact) mass is 352 g/mol. The Hall–Kier alpha value is -1.48. The van der Waals surface area contributed by atoms with E-state index in [1.165, 1.54) is 0 Å². The molecule has 0 radical (unpaired) electrons. The van der Waals surface area contributed by atoms with Gasteiger partial charge in [-0.25, -0.2) is 5.90 Å². The maximum atomic E-state index is 6.11. The van der Waals surface area contributed by atoms with Gasteiger partial charge in [0.15, 0.2) is 5.82 Å². The molecule has 2 aliphatic rings. The highest BCUT2D eigenvalue weighted by molar-refractivity contribution is 5.42. The number of nitrogens with two attached hydrogens (primary N) is 1. The topological polar surface area (TPSA) is 92.0 Å². The second-order valence-corrected chi connectivity index (χ2v) is 6.47. The zero-order valence-corrected chi connectivity index (χ0v) is 14.8. The SMILES string of the molecule is CCOCCOc1cnnc(N2CCC(OC3CC(ON)C3)CC2)c1. The summed E-state index contributed by atoms with van der Waals surface area (Å²) in [6.45, 7) is 5.57. The molecule has 140 valence electrons. The van der Waals surface area contributed by atoms with Crippen molar-refractivity contribution in [2.45, 2.75) is 50.9 Å². The Morgan fingerprint density at radius 1 is 1.16 bits per heavy atom. The van der Waals surface area contributed by atoms with Crippen molar-refractivity contribution >= 4 is 5.82 Å². The van der Waals surface area contributed by atoms with Gasteiger partial charge in [0.2, 0.25) is 0 Å². The molecule has 2 fully saturated rings. The number of piperidine rings is 1. The number of nitrogens with zero attached hydrogens (tertiary/aromatic N) is 3. The summed E-state index contributed by atoms with van der Waals surface area (Å²) in [6.07, 6.45) is 6.20. The number of hydrogen-bond donors (Lipinski definition) is 1. The number of anilines is 1. The fourth-order valence-corrected chi connectivity index (χ4v) is 3.17. The van der Waals surface area contributed by atoms with Crippen LogP contribution in [0.2, 0.25) is 0 Å². The Labute approximate surface area is 148 Å². The molecule has 1 saturated heterocycles. The highest BCUT2D eigenvalue weighted by Gasteiger charge is 2.33. The Kier molecular flexibility index (Phi) is 6.80.